The molecule has 6 heteroatoms. The molecule has 0 saturated heterocycles. The van der Waals surface area contributed by atoms with Gasteiger partial charge in [-0.25, -0.2) is 9.97 Å². The van der Waals surface area contributed by atoms with Crippen LogP contribution in [0.1, 0.15) is 0 Å². The van der Waals surface area contributed by atoms with Crippen molar-refractivity contribution in [3.8, 4) is 0 Å². The fourth-order valence-electron chi connectivity index (χ4n) is 0.902. The van der Waals surface area contributed by atoms with Crippen molar-refractivity contribution < 1.29 is 0 Å². The highest BCUT2D eigenvalue weighted by Gasteiger charge is 2.02. The minimum absolute atomic E-state index is 0.0567. The van der Waals surface area contributed by atoms with E-state index in [9.17, 15) is 9.59 Å². The first kappa shape index (κ1) is 6.71. The second-order valence-corrected chi connectivity index (χ2v) is 2.16. The molecule has 0 radical (unpaired) electrons. The van der Waals surface area contributed by atoms with Crippen LogP contribution in [0.15, 0.2) is 22.0 Å². The number of H-pyrrole nitrogens is 2. The molecule has 6 nitrogen and oxygen atoms in total. The molecule has 60 valence electrons. The van der Waals surface area contributed by atoms with E-state index in [2.05, 4.69) is 20.2 Å². The van der Waals surface area contributed by atoms with Crippen LogP contribution in [-0.2, 0) is 0 Å². The van der Waals surface area contributed by atoms with E-state index in [-0.39, 0.29) is 11.0 Å². The van der Waals surface area contributed by atoms with Crippen LogP contribution < -0.4 is 11.1 Å². The molecule has 0 aromatic carbocycles. The second kappa shape index (κ2) is 2.26. The van der Waals surface area contributed by atoms with E-state index < -0.39 is 11.1 Å². The Hall–Kier alpha value is -1.98. The monoisotopic (exact) mass is 164 g/mol. The van der Waals surface area contributed by atoms with Gasteiger partial charge in [0.2, 0.25) is 0 Å². The van der Waals surface area contributed by atoms with Crippen LogP contribution in [0.4, 0.5) is 0 Å². The molecule has 0 fully saturated rings. The summed E-state index contributed by atoms with van der Waals surface area (Å²) in [7, 11) is 0. The first-order valence-electron chi connectivity index (χ1n) is 3.21. The quantitative estimate of drug-likeness (QED) is 0.522. The molecule has 0 spiro atoms. The Bertz CT molecular complexity index is 478. The molecule has 0 atom stereocenters. The van der Waals surface area contributed by atoms with Gasteiger partial charge in [-0.2, -0.15) is 0 Å². The third-order valence-electron chi connectivity index (χ3n) is 1.42. The van der Waals surface area contributed by atoms with Gasteiger partial charge in [0, 0.05) is 12.4 Å². The summed E-state index contributed by atoms with van der Waals surface area (Å²) in [6.45, 7) is 0. The van der Waals surface area contributed by atoms with Crippen LogP contribution in [0.25, 0.3) is 11.0 Å². The summed E-state index contributed by atoms with van der Waals surface area (Å²) in [5.74, 6) is 0. The van der Waals surface area contributed by atoms with E-state index in [1.54, 1.807) is 0 Å². The van der Waals surface area contributed by atoms with E-state index in [4.69, 9.17) is 0 Å². The summed E-state index contributed by atoms with van der Waals surface area (Å²) in [5.41, 5.74) is -0.780. The van der Waals surface area contributed by atoms with Crippen LogP contribution in [0, 0.1) is 0 Å². The average molecular weight is 164 g/mol. The van der Waals surface area contributed by atoms with Crippen molar-refractivity contribution in [3.63, 3.8) is 0 Å². The van der Waals surface area contributed by atoms with Crippen molar-refractivity contribution in [2.75, 3.05) is 0 Å². The summed E-state index contributed by atoms with van der Waals surface area (Å²) in [5, 5.41) is 4.29. The van der Waals surface area contributed by atoms with Gasteiger partial charge in [0.25, 0.3) is 11.1 Å². The highest BCUT2D eigenvalue weighted by molar-refractivity contribution is 5.70. The van der Waals surface area contributed by atoms with E-state index in [1.807, 2.05) is 0 Å². The molecule has 0 unspecified atom stereocenters. The standard InChI is InChI=1S/C6H4N4O2/c11-5-3-4(6(12)10-9-5)8-2-1-7-3/h1-2H,(H,9,11)(H,10,12). The molecular weight excluding hydrogens is 160 g/mol. The third kappa shape index (κ3) is 0.815. The van der Waals surface area contributed by atoms with Gasteiger partial charge in [0.05, 0.1) is 0 Å². The number of aromatic nitrogens is 4. The molecule has 12 heavy (non-hydrogen) atoms. The fraction of sp³-hybridized carbons (Fsp3) is 0. The maximum Gasteiger partial charge on any atom is 0.290 e. The Morgan fingerprint density at radius 3 is 1.75 bits per heavy atom. The van der Waals surface area contributed by atoms with E-state index in [1.165, 1.54) is 12.4 Å². The van der Waals surface area contributed by atoms with Gasteiger partial charge in [-0.3, -0.25) is 19.8 Å². The maximum atomic E-state index is 11.0. The Morgan fingerprint density at radius 2 is 1.33 bits per heavy atom. The largest absolute Gasteiger partial charge is 0.290 e. The first-order valence-corrected chi connectivity index (χ1v) is 3.21. The SMILES string of the molecule is O=c1[nH][nH]c(=O)c2nccnc12. The normalized spacial score (nSPS) is 10.3. The molecule has 2 aromatic heterocycles. The topological polar surface area (TPSA) is 91.5 Å². The van der Waals surface area contributed by atoms with Crippen molar-refractivity contribution in [3.05, 3.63) is 33.1 Å². The summed E-state index contributed by atoms with van der Waals surface area (Å²) in [6, 6.07) is 0. The smallest absolute Gasteiger partial charge is 0.266 e. The molecule has 0 aliphatic rings. The molecule has 0 saturated carbocycles. The zero-order valence-corrected chi connectivity index (χ0v) is 5.87. The van der Waals surface area contributed by atoms with Gasteiger partial charge in [0.1, 0.15) is 0 Å². The van der Waals surface area contributed by atoms with E-state index >= 15 is 0 Å². The minimum Gasteiger partial charge on any atom is -0.266 e. The lowest BCUT2D eigenvalue weighted by Crippen LogP contribution is -2.20. The van der Waals surface area contributed by atoms with Crippen molar-refractivity contribution >= 4 is 11.0 Å². The van der Waals surface area contributed by atoms with E-state index in [0.717, 1.165) is 0 Å². The number of nitrogens with zero attached hydrogens (tertiary/aromatic N) is 2. The van der Waals surface area contributed by atoms with Gasteiger partial charge in [-0.15, -0.1) is 0 Å². The predicted octanol–water partition coefficient (Wildman–Crippen LogP) is -0.994. The lowest BCUT2D eigenvalue weighted by Gasteiger charge is -1.90. The van der Waals surface area contributed by atoms with Crippen LogP contribution >= 0.6 is 0 Å². The van der Waals surface area contributed by atoms with Gasteiger partial charge in [-0.1, -0.05) is 0 Å². The van der Waals surface area contributed by atoms with Crippen LogP contribution in [0.3, 0.4) is 0 Å². The zero-order valence-electron chi connectivity index (χ0n) is 5.87. The van der Waals surface area contributed by atoms with Crippen LogP contribution in [0.5, 0.6) is 0 Å². The second-order valence-electron chi connectivity index (χ2n) is 2.16. The van der Waals surface area contributed by atoms with Gasteiger partial charge in [-0.05, 0) is 0 Å². The van der Waals surface area contributed by atoms with Crippen LogP contribution in [-0.4, -0.2) is 20.2 Å². The lowest BCUT2D eigenvalue weighted by atomic mass is 10.4. The average Bonchev–Trinajstić information content (AvgIpc) is 2.12. The molecule has 2 rings (SSSR count). The molecule has 2 aromatic rings. The molecule has 0 aliphatic heterocycles. The summed E-state index contributed by atoms with van der Waals surface area (Å²) < 4.78 is 0. The highest BCUT2D eigenvalue weighted by Crippen LogP contribution is 1.90. The summed E-state index contributed by atoms with van der Waals surface area (Å²) in [6.07, 6.45) is 2.72. The minimum atomic E-state index is -0.447. The van der Waals surface area contributed by atoms with Gasteiger partial charge < -0.3 is 0 Å². The predicted molar refractivity (Wildman–Crippen MR) is 40.8 cm³/mol. The third-order valence-corrected chi connectivity index (χ3v) is 1.42. The number of fused-ring (bicyclic) bond motifs is 1. The number of hydrogen-bond donors (Lipinski definition) is 2. The molecule has 2 heterocycles. The first-order chi connectivity index (χ1) is 5.79. The van der Waals surface area contributed by atoms with Gasteiger partial charge >= 0.3 is 0 Å². The van der Waals surface area contributed by atoms with Crippen molar-refractivity contribution in [2.45, 2.75) is 0 Å². The van der Waals surface area contributed by atoms with Crippen molar-refractivity contribution in [1.29, 1.82) is 0 Å². The summed E-state index contributed by atoms with van der Waals surface area (Å²) >= 11 is 0. The lowest BCUT2D eigenvalue weighted by molar-refractivity contribution is 0.961. The molecule has 0 aliphatic carbocycles. The number of hydrogen-bond acceptors (Lipinski definition) is 4. The number of aromatic amines is 2. The Kier molecular flexibility index (Phi) is 1.26. The van der Waals surface area contributed by atoms with Crippen LogP contribution in [0.2, 0.25) is 0 Å². The van der Waals surface area contributed by atoms with Crippen molar-refractivity contribution in [1.82, 2.24) is 20.2 Å². The molecule has 0 bridgehead atoms. The molecular formula is C6H4N4O2. The number of nitrogens with one attached hydrogen (secondary N) is 2. The Balaban J connectivity index is 3.16. The number of rotatable bonds is 0. The van der Waals surface area contributed by atoms with E-state index in [0.29, 0.717) is 0 Å². The molecule has 2 N–H and O–H groups in total. The zero-order chi connectivity index (χ0) is 8.55. The van der Waals surface area contributed by atoms with Crippen molar-refractivity contribution in [2.24, 2.45) is 0 Å². The summed E-state index contributed by atoms with van der Waals surface area (Å²) in [4.78, 5) is 29.4. The Labute approximate surface area is 65.3 Å². The van der Waals surface area contributed by atoms with Gasteiger partial charge in [0.15, 0.2) is 11.0 Å². The molecule has 0 amide bonds. The fourth-order valence-corrected chi connectivity index (χ4v) is 0.902. The Morgan fingerprint density at radius 1 is 0.917 bits per heavy atom. The highest BCUT2D eigenvalue weighted by atomic mass is 16.1. The maximum absolute atomic E-state index is 11.0.